The molecule has 2 fully saturated rings. The van der Waals surface area contributed by atoms with Crippen molar-refractivity contribution in [2.75, 3.05) is 0 Å². The van der Waals surface area contributed by atoms with E-state index in [1.165, 1.54) is 66.6 Å². The van der Waals surface area contributed by atoms with Crippen LogP contribution in [0.1, 0.15) is 79.3 Å². The molecule has 0 spiro atoms. The molecule has 0 radical (unpaired) electrons. The van der Waals surface area contributed by atoms with E-state index in [0.717, 1.165) is 11.8 Å². The fraction of sp³-hybridized carbons (Fsp3) is 0.611. The maximum Gasteiger partial charge on any atom is 0.0907 e. The first-order valence-electron chi connectivity index (χ1n) is 8.22. The zero-order valence-electron chi connectivity index (χ0n) is 12.3. The van der Waals surface area contributed by atoms with Gasteiger partial charge in [-0.3, -0.25) is 0 Å². The maximum absolute atomic E-state index is 4.84. The molecule has 2 saturated carbocycles. The van der Waals surface area contributed by atoms with E-state index in [1.54, 1.807) is 11.1 Å². The third-order valence-electron chi connectivity index (χ3n) is 5.28. The van der Waals surface area contributed by atoms with Crippen molar-refractivity contribution in [2.45, 2.75) is 70.1 Å². The van der Waals surface area contributed by atoms with Gasteiger partial charge in [-0.2, -0.15) is 0 Å². The van der Waals surface area contributed by atoms with Gasteiger partial charge in [-0.1, -0.05) is 31.7 Å². The molecule has 1 aromatic heterocycles. The Kier molecular flexibility index (Phi) is 3.30. The van der Waals surface area contributed by atoms with E-state index < -0.39 is 0 Å². The van der Waals surface area contributed by atoms with Crippen molar-refractivity contribution in [3.8, 4) is 0 Å². The summed E-state index contributed by atoms with van der Waals surface area (Å²) in [4.78, 5) is 4.84. The van der Waals surface area contributed by atoms with E-state index in [1.807, 2.05) is 11.3 Å². The van der Waals surface area contributed by atoms with E-state index in [4.69, 9.17) is 4.98 Å². The minimum Gasteiger partial charge on any atom is -0.241 e. The van der Waals surface area contributed by atoms with Gasteiger partial charge in [0.1, 0.15) is 0 Å². The fourth-order valence-electron chi connectivity index (χ4n) is 4.23. The van der Waals surface area contributed by atoms with Crippen molar-refractivity contribution < 1.29 is 0 Å². The van der Waals surface area contributed by atoms with Crippen LogP contribution >= 0.6 is 11.3 Å². The Bertz CT molecular complexity index is 616. The summed E-state index contributed by atoms with van der Waals surface area (Å²) in [6, 6.07) is 4.99. The van der Waals surface area contributed by atoms with E-state index in [9.17, 15) is 0 Å². The van der Waals surface area contributed by atoms with E-state index in [0.29, 0.717) is 0 Å². The standard InChI is InChI=1S/C18H23NS/c1-12-19-18-16(14-8-4-5-9-14)10-15(11-17(18)20-12)13-6-2-3-7-13/h10-11,13-14H,2-9H2,1H3. The van der Waals surface area contributed by atoms with Crippen LogP contribution in [0.3, 0.4) is 0 Å². The van der Waals surface area contributed by atoms with Gasteiger partial charge in [0.25, 0.3) is 0 Å². The van der Waals surface area contributed by atoms with E-state index >= 15 is 0 Å². The average Bonchev–Trinajstić information content (AvgIpc) is 3.18. The van der Waals surface area contributed by atoms with E-state index in [-0.39, 0.29) is 0 Å². The molecule has 0 unspecified atom stereocenters. The van der Waals surface area contributed by atoms with Gasteiger partial charge in [-0.15, -0.1) is 11.3 Å². The Labute approximate surface area is 125 Å². The summed E-state index contributed by atoms with van der Waals surface area (Å²) in [5, 5.41) is 1.22. The van der Waals surface area contributed by atoms with Crippen LogP contribution in [0.15, 0.2) is 12.1 Å². The van der Waals surface area contributed by atoms with Crippen molar-refractivity contribution >= 4 is 21.6 Å². The Morgan fingerprint density at radius 1 is 0.950 bits per heavy atom. The lowest BCUT2D eigenvalue weighted by atomic mass is 9.90. The number of aromatic nitrogens is 1. The summed E-state index contributed by atoms with van der Waals surface area (Å²) in [5.74, 6) is 1.60. The summed E-state index contributed by atoms with van der Waals surface area (Å²) in [6.45, 7) is 2.15. The molecule has 1 heterocycles. The molecule has 0 bridgehead atoms. The smallest absolute Gasteiger partial charge is 0.0907 e. The van der Waals surface area contributed by atoms with Gasteiger partial charge in [0, 0.05) is 0 Å². The van der Waals surface area contributed by atoms with E-state index in [2.05, 4.69) is 19.1 Å². The number of fused-ring (bicyclic) bond motifs is 1. The largest absolute Gasteiger partial charge is 0.241 e. The zero-order valence-corrected chi connectivity index (χ0v) is 13.1. The molecular formula is C18H23NS. The normalized spacial score (nSPS) is 21.2. The van der Waals surface area contributed by atoms with Crippen molar-refractivity contribution in [3.63, 3.8) is 0 Å². The SMILES string of the molecule is Cc1nc2c(C3CCCC3)cc(C3CCCC3)cc2s1. The molecule has 1 nitrogen and oxygen atoms in total. The number of aryl methyl sites for hydroxylation is 1. The molecule has 2 aliphatic carbocycles. The molecular weight excluding hydrogens is 262 g/mol. The number of nitrogens with zero attached hydrogens (tertiary/aromatic N) is 1. The molecule has 2 aromatic rings. The zero-order chi connectivity index (χ0) is 13.5. The lowest BCUT2D eigenvalue weighted by Gasteiger charge is -2.16. The summed E-state index contributed by atoms with van der Waals surface area (Å²) in [5.41, 5.74) is 4.51. The summed E-state index contributed by atoms with van der Waals surface area (Å²) >= 11 is 1.89. The molecule has 0 aliphatic heterocycles. The Balaban J connectivity index is 1.84. The minimum absolute atomic E-state index is 0.778. The average molecular weight is 285 g/mol. The number of hydrogen-bond donors (Lipinski definition) is 0. The highest BCUT2D eigenvalue weighted by atomic mass is 32.1. The molecule has 0 N–H and O–H groups in total. The fourth-order valence-corrected chi connectivity index (χ4v) is 5.14. The first-order chi connectivity index (χ1) is 9.81. The minimum atomic E-state index is 0.778. The number of hydrogen-bond acceptors (Lipinski definition) is 2. The summed E-state index contributed by atoms with van der Waals surface area (Å²) < 4.78 is 1.44. The molecule has 20 heavy (non-hydrogen) atoms. The monoisotopic (exact) mass is 285 g/mol. The van der Waals surface area contributed by atoms with Crippen LogP contribution in [-0.2, 0) is 0 Å². The Hall–Kier alpha value is -0.890. The van der Waals surface area contributed by atoms with Gasteiger partial charge < -0.3 is 0 Å². The first-order valence-corrected chi connectivity index (χ1v) is 9.04. The molecule has 1 aromatic carbocycles. The molecule has 2 aliphatic rings. The summed E-state index contributed by atoms with van der Waals surface area (Å²) in [6.07, 6.45) is 11.2. The Morgan fingerprint density at radius 2 is 1.60 bits per heavy atom. The topological polar surface area (TPSA) is 12.9 Å². The molecule has 0 atom stereocenters. The lowest BCUT2D eigenvalue weighted by molar-refractivity contribution is 0.704. The van der Waals surface area contributed by atoms with Crippen LogP contribution in [0.2, 0.25) is 0 Å². The second-order valence-corrected chi connectivity index (χ2v) is 7.89. The third kappa shape index (κ3) is 2.18. The van der Waals surface area contributed by atoms with Crippen molar-refractivity contribution in [1.82, 2.24) is 4.98 Å². The number of benzene rings is 1. The van der Waals surface area contributed by atoms with Crippen LogP contribution in [-0.4, -0.2) is 4.98 Å². The quantitative estimate of drug-likeness (QED) is 0.667. The third-order valence-corrected chi connectivity index (χ3v) is 6.19. The molecule has 0 amide bonds. The van der Waals surface area contributed by atoms with Gasteiger partial charge in [-0.25, -0.2) is 4.98 Å². The van der Waals surface area contributed by atoms with Gasteiger partial charge in [0.15, 0.2) is 0 Å². The van der Waals surface area contributed by atoms with Crippen LogP contribution in [0.25, 0.3) is 10.2 Å². The second kappa shape index (κ2) is 5.14. The second-order valence-electron chi connectivity index (χ2n) is 6.65. The van der Waals surface area contributed by atoms with Gasteiger partial charge in [-0.05, 0) is 61.6 Å². The lowest BCUT2D eigenvalue weighted by Crippen LogP contribution is -1.99. The predicted octanol–water partition coefficient (Wildman–Crippen LogP) is 5.92. The summed E-state index contributed by atoms with van der Waals surface area (Å²) in [7, 11) is 0. The van der Waals surface area contributed by atoms with Crippen LogP contribution < -0.4 is 0 Å². The molecule has 0 saturated heterocycles. The van der Waals surface area contributed by atoms with Gasteiger partial charge >= 0.3 is 0 Å². The first kappa shape index (κ1) is 12.8. The highest BCUT2D eigenvalue weighted by molar-refractivity contribution is 7.18. The van der Waals surface area contributed by atoms with Gasteiger partial charge in [0.05, 0.1) is 15.2 Å². The molecule has 2 heteroatoms. The Morgan fingerprint density at radius 3 is 2.30 bits per heavy atom. The molecule has 4 rings (SSSR count). The molecule has 106 valence electrons. The number of thiazole rings is 1. The van der Waals surface area contributed by atoms with Crippen molar-refractivity contribution in [2.24, 2.45) is 0 Å². The maximum atomic E-state index is 4.84. The highest BCUT2D eigenvalue weighted by Gasteiger charge is 2.24. The number of rotatable bonds is 2. The predicted molar refractivity (Wildman–Crippen MR) is 86.8 cm³/mol. The highest BCUT2D eigenvalue weighted by Crippen LogP contribution is 2.42. The van der Waals surface area contributed by atoms with Crippen LogP contribution in [0.4, 0.5) is 0 Å². The van der Waals surface area contributed by atoms with Crippen molar-refractivity contribution in [3.05, 3.63) is 28.3 Å². The van der Waals surface area contributed by atoms with Crippen LogP contribution in [0, 0.1) is 6.92 Å². The van der Waals surface area contributed by atoms with Crippen molar-refractivity contribution in [1.29, 1.82) is 0 Å². The van der Waals surface area contributed by atoms with Crippen LogP contribution in [0.5, 0.6) is 0 Å². The van der Waals surface area contributed by atoms with Gasteiger partial charge in [0.2, 0.25) is 0 Å².